The number of benzene rings is 2. The van der Waals surface area contributed by atoms with E-state index in [1.807, 2.05) is 18.2 Å². The average molecular weight is 338 g/mol. The third-order valence-corrected chi connectivity index (χ3v) is 4.47. The van der Waals surface area contributed by atoms with Crippen molar-refractivity contribution in [3.63, 3.8) is 0 Å². The molecule has 0 fully saturated rings. The third kappa shape index (κ3) is 4.27. The molecule has 0 saturated heterocycles. The third-order valence-electron chi connectivity index (χ3n) is 2.67. The average Bonchev–Trinajstić information content (AvgIpc) is 2.49. The molecular weight excluding hydrogens is 325 g/mol. The maximum absolute atomic E-state index is 12.4. The Hall–Kier alpha value is -1.42. The van der Waals surface area contributed by atoms with E-state index in [1.54, 1.807) is 42.1 Å². The molecule has 21 heavy (non-hydrogen) atoms. The van der Waals surface area contributed by atoms with Gasteiger partial charge in [-0.25, -0.2) is 0 Å². The van der Waals surface area contributed by atoms with Crippen LogP contribution in [0.1, 0.15) is 10.4 Å². The number of halogens is 2. The molecule has 2 rings (SSSR count). The molecule has 1 amide bonds. The number of thioether (sulfide) groups is 1. The van der Waals surface area contributed by atoms with Gasteiger partial charge in [0.2, 0.25) is 0 Å². The summed E-state index contributed by atoms with van der Waals surface area (Å²) in [4.78, 5) is 13.3. The summed E-state index contributed by atoms with van der Waals surface area (Å²) in [6.45, 7) is 3.69. The molecule has 0 radical (unpaired) electrons. The molecule has 1 N–H and O–H groups in total. The van der Waals surface area contributed by atoms with Crippen molar-refractivity contribution in [1.82, 2.24) is 0 Å². The normalized spacial score (nSPS) is 10.2. The minimum atomic E-state index is -0.180. The van der Waals surface area contributed by atoms with Crippen molar-refractivity contribution >= 4 is 46.6 Å². The molecule has 0 unspecified atom stereocenters. The quantitative estimate of drug-likeness (QED) is 0.574. The first kappa shape index (κ1) is 16.0. The second kappa shape index (κ2) is 7.55. The van der Waals surface area contributed by atoms with Gasteiger partial charge in [0.1, 0.15) is 0 Å². The lowest BCUT2D eigenvalue weighted by Crippen LogP contribution is -2.13. The highest BCUT2D eigenvalue weighted by atomic mass is 35.5. The van der Waals surface area contributed by atoms with Gasteiger partial charge in [-0.2, -0.15) is 0 Å². The van der Waals surface area contributed by atoms with Crippen molar-refractivity contribution in [2.45, 2.75) is 4.90 Å². The molecule has 0 heterocycles. The Bertz CT molecular complexity index is 673. The molecule has 2 nitrogen and oxygen atoms in total. The van der Waals surface area contributed by atoms with E-state index in [9.17, 15) is 4.79 Å². The Labute approximate surface area is 138 Å². The van der Waals surface area contributed by atoms with Gasteiger partial charge in [-0.05, 0) is 30.3 Å². The van der Waals surface area contributed by atoms with Gasteiger partial charge in [0.15, 0.2) is 0 Å². The van der Waals surface area contributed by atoms with Gasteiger partial charge < -0.3 is 5.32 Å². The van der Waals surface area contributed by atoms with E-state index in [0.29, 0.717) is 21.3 Å². The summed E-state index contributed by atoms with van der Waals surface area (Å²) in [5.74, 6) is 0.567. The maximum Gasteiger partial charge on any atom is 0.256 e. The van der Waals surface area contributed by atoms with Crippen LogP contribution in [-0.2, 0) is 0 Å². The Morgan fingerprint density at radius 1 is 1.19 bits per heavy atom. The largest absolute Gasteiger partial charge is 0.322 e. The monoisotopic (exact) mass is 337 g/mol. The fourth-order valence-corrected chi connectivity index (χ4v) is 2.79. The van der Waals surface area contributed by atoms with E-state index in [1.165, 1.54) is 0 Å². The van der Waals surface area contributed by atoms with Gasteiger partial charge in [0.05, 0.1) is 15.6 Å². The Balaban J connectivity index is 2.19. The first-order chi connectivity index (χ1) is 10.1. The van der Waals surface area contributed by atoms with Gasteiger partial charge in [-0.15, -0.1) is 18.3 Å². The van der Waals surface area contributed by atoms with Crippen LogP contribution in [0.15, 0.2) is 60.0 Å². The lowest BCUT2D eigenvalue weighted by molar-refractivity contribution is 0.102. The summed E-state index contributed by atoms with van der Waals surface area (Å²) in [5.41, 5.74) is 1.23. The number of carbonyl (C=O) groups is 1. The lowest BCUT2D eigenvalue weighted by atomic mass is 10.2. The van der Waals surface area contributed by atoms with Crippen LogP contribution in [0.4, 0.5) is 5.69 Å². The molecule has 0 aromatic heterocycles. The second-order valence-electron chi connectivity index (χ2n) is 4.18. The van der Waals surface area contributed by atoms with Crippen LogP contribution >= 0.6 is 35.0 Å². The maximum atomic E-state index is 12.4. The van der Waals surface area contributed by atoms with Crippen molar-refractivity contribution < 1.29 is 4.79 Å². The zero-order valence-electron chi connectivity index (χ0n) is 11.1. The fraction of sp³-hybridized carbons (Fsp3) is 0.0625. The Morgan fingerprint density at radius 2 is 1.95 bits per heavy atom. The first-order valence-electron chi connectivity index (χ1n) is 6.21. The molecular formula is C16H13Cl2NOS. The summed E-state index contributed by atoms with van der Waals surface area (Å²) < 4.78 is 0. The zero-order valence-corrected chi connectivity index (χ0v) is 13.4. The fourth-order valence-electron chi connectivity index (χ4n) is 1.70. The van der Waals surface area contributed by atoms with E-state index in [4.69, 9.17) is 23.2 Å². The topological polar surface area (TPSA) is 29.1 Å². The molecule has 2 aromatic rings. The Kier molecular flexibility index (Phi) is 5.74. The van der Waals surface area contributed by atoms with Gasteiger partial charge in [-0.3, -0.25) is 4.79 Å². The van der Waals surface area contributed by atoms with Gasteiger partial charge in [0.25, 0.3) is 5.91 Å². The highest BCUT2D eigenvalue weighted by molar-refractivity contribution is 7.99. The summed E-state index contributed by atoms with van der Waals surface area (Å²) in [7, 11) is 0. The zero-order chi connectivity index (χ0) is 15.2. The van der Waals surface area contributed by atoms with E-state index < -0.39 is 0 Å². The van der Waals surface area contributed by atoms with Gasteiger partial charge in [-0.1, -0.05) is 41.4 Å². The molecule has 0 atom stereocenters. The van der Waals surface area contributed by atoms with E-state index in [-0.39, 0.29) is 5.91 Å². The summed E-state index contributed by atoms with van der Waals surface area (Å²) >= 11 is 13.4. The van der Waals surface area contributed by atoms with Crippen molar-refractivity contribution in [2.24, 2.45) is 0 Å². The molecule has 0 aliphatic rings. The van der Waals surface area contributed by atoms with Crippen molar-refractivity contribution in [3.8, 4) is 0 Å². The molecule has 0 spiro atoms. The molecule has 0 bridgehead atoms. The lowest BCUT2D eigenvalue weighted by Gasteiger charge is -2.10. The van der Waals surface area contributed by atoms with Crippen LogP contribution in [0.25, 0.3) is 0 Å². The van der Waals surface area contributed by atoms with Crippen LogP contribution < -0.4 is 5.32 Å². The standard InChI is InChI=1S/C16H13Cl2NOS/c1-2-9-21-15-6-4-3-5-12(15)16(20)19-11-7-8-13(17)14(18)10-11/h2-8,10H,1,9H2,(H,19,20). The summed E-state index contributed by atoms with van der Waals surface area (Å²) in [6.07, 6.45) is 1.80. The van der Waals surface area contributed by atoms with Gasteiger partial charge in [0, 0.05) is 16.3 Å². The van der Waals surface area contributed by atoms with Crippen molar-refractivity contribution in [3.05, 3.63) is 70.7 Å². The summed E-state index contributed by atoms with van der Waals surface area (Å²) in [6, 6.07) is 12.4. The SMILES string of the molecule is C=CCSc1ccccc1C(=O)Nc1ccc(Cl)c(Cl)c1. The van der Waals surface area contributed by atoms with Crippen LogP contribution in [0.2, 0.25) is 10.0 Å². The predicted octanol–water partition coefficient (Wildman–Crippen LogP) is 5.52. The number of hydrogen-bond donors (Lipinski definition) is 1. The number of carbonyl (C=O) groups excluding carboxylic acids is 1. The van der Waals surface area contributed by atoms with E-state index >= 15 is 0 Å². The molecule has 5 heteroatoms. The van der Waals surface area contributed by atoms with Crippen LogP contribution in [-0.4, -0.2) is 11.7 Å². The highest BCUT2D eigenvalue weighted by Crippen LogP contribution is 2.27. The van der Waals surface area contributed by atoms with Crippen LogP contribution in [0.5, 0.6) is 0 Å². The minimum absolute atomic E-state index is 0.180. The number of rotatable bonds is 5. The molecule has 0 aliphatic heterocycles. The number of hydrogen-bond acceptors (Lipinski definition) is 2. The molecule has 108 valence electrons. The smallest absolute Gasteiger partial charge is 0.256 e. The predicted molar refractivity (Wildman–Crippen MR) is 91.8 cm³/mol. The minimum Gasteiger partial charge on any atom is -0.322 e. The first-order valence-corrected chi connectivity index (χ1v) is 7.95. The number of nitrogens with one attached hydrogen (secondary N) is 1. The molecule has 0 aliphatic carbocycles. The van der Waals surface area contributed by atoms with Crippen molar-refractivity contribution in [1.29, 1.82) is 0 Å². The number of amides is 1. The van der Waals surface area contributed by atoms with Crippen LogP contribution in [0.3, 0.4) is 0 Å². The molecule has 2 aromatic carbocycles. The Morgan fingerprint density at radius 3 is 2.67 bits per heavy atom. The summed E-state index contributed by atoms with van der Waals surface area (Å²) in [5, 5.41) is 3.68. The van der Waals surface area contributed by atoms with Gasteiger partial charge >= 0.3 is 0 Å². The van der Waals surface area contributed by atoms with Crippen LogP contribution in [0, 0.1) is 0 Å². The van der Waals surface area contributed by atoms with E-state index in [0.717, 1.165) is 10.6 Å². The van der Waals surface area contributed by atoms with E-state index in [2.05, 4.69) is 11.9 Å². The number of anilines is 1. The van der Waals surface area contributed by atoms with Crippen molar-refractivity contribution in [2.75, 3.05) is 11.1 Å². The second-order valence-corrected chi connectivity index (χ2v) is 6.06. The molecule has 0 saturated carbocycles. The highest BCUT2D eigenvalue weighted by Gasteiger charge is 2.11.